The molecule has 0 bridgehead atoms. The number of rotatable bonds is 11. The van der Waals surface area contributed by atoms with Gasteiger partial charge in [-0.1, -0.05) is 42.5 Å². The Labute approximate surface area is 222 Å². The highest BCUT2D eigenvalue weighted by Gasteiger charge is 2.41. The van der Waals surface area contributed by atoms with Crippen molar-refractivity contribution in [2.45, 2.75) is 57.8 Å². The molecule has 202 valence electrons. The summed E-state index contributed by atoms with van der Waals surface area (Å²) in [5.74, 6) is -1.99. The second-order valence-corrected chi connectivity index (χ2v) is 9.60. The second kappa shape index (κ2) is 13.8. The zero-order valence-corrected chi connectivity index (χ0v) is 22.0. The summed E-state index contributed by atoms with van der Waals surface area (Å²) >= 11 is 0. The van der Waals surface area contributed by atoms with E-state index in [1.807, 2.05) is 24.3 Å². The maximum absolute atomic E-state index is 13.5. The Morgan fingerprint density at radius 3 is 2.26 bits per heavy atom. The highest BCUT2D eigenvalue weighted by atomic mass is 16.6. The molecule has 0 heterocycles. The van der Waals surface area contributed by atoms with Gasteiger partial charge in [-0.2, -0.15) is 5.26 Å². The van der Waals surface area contributed by atoms with Crippen molar-refractivity contribution in [1.82, 2.24) is 10.6 Å². The van der Waals surface area contributed by atoms with E-state index in [-0.39, 0.29) is 25.9 Å². The molecule has 2 N–H and O–H groups in total. The summed E-state index contributed by atoms with van der Waals surface area (Å²) in [7, 11) is 1.14. The lowest BCUT2D eigenvalue weighted by Gasteiger charge is -2.33. The Kier molecular flexibility index (Phi) is 10.8. The van der Waals surface area contributed by atoms with Crippen molar-refractivity contribution >= 4 is 23.9 Å². The van der Waals surface area contributed by atoms with Gasteiger partial charge < -0.3 is 24.8 Å². The van der Waals surface area contributed by atoms with E-state index in [1.54, 1.807) is 57.2 Å². The summed E-state index contributed by atoms with van der Waals surface area (Å²) in [4.78, 5) is 50.7. The molecule has 0 aliphatic carbocycles. The van der Waals surface area contributed by atoms with Crippen LogP contribution in [-0.2, 0) is 41.6 Å². The fraction of sp³-hybridized carbons (Fsp3) is 0.393. The quantitative estimate of drug-likeness (QED) is 0.338. The van der Waals surface area contributed by atoms with E-state index < -0.39 is 41.6 Å². The smallest absolute Gasteiger partial charge is 0.407 e. The molecule has 1 atom stereocenters. The van der Waals surface area contributed by atoms with Gasteiger partial charge in [0, 0.05) is 12.8 Å². The van der Waals surface area contributed by atoms with Crippen molar-refractivity contribution < 1.29 is 33.4 Å². The molecular formula is C28H33N3O7. The van der Waals surface area contributed by atoms with Gasteiger partial charge in [0.15, 0.2) is 0 Å². The van der Waals surface area contributed by atoms with Crippen molar-refractivity contribution in [2.24, 2.45) is 0 Å². The van der Waals surface area contributed by atoms with Gasteiger partial charge in [-0.25, -0.2) is 4.79 Å². The SMILES string of the molecule is COC(=O)NC(CCC(=O)OC(C)(C)C)(Cc1cccc(C#N)c1)C(=O)NCC(=O)OCc1ccccc1. The van der Waals surface area contributed by atoms with Gasteiger partial charge in [0.2, 0.25) is 5.91 Å². The predicted octanol–water partition coefficient (Wildman–Crippen LogP) is 3.18. The fourth-order valence-corrected chi connectivity index (χ4v) is 3.61. The van der Waals surface area contributed by atoms with E-state index in [4.69, 9.17) is 14.2 Å². The van der Waals surface area contributed by atoms with Crippen molar-refractivity contribution in [3.8, 4) is 6.07 Å². The van der Waals surface area contributed by atoms with Gasteiger partial charge >= 0.3 is 18.0 Å². The van der Waals surface area contributed by atoms with Crippen LogP contribution in [0.1, 0.15) is 50.3 Å². The van der Waals surface area contributed by atoms with Crippen LogP contribution in [-0.4, -0.2) is 48.7 Å². The fourth-order valence-electron chi connectivity index (χ4n) is 3.61. The molecule has 38 heavy (non-hydrogen) atoms. The number of hydrogen-bond donors (Lipinski definition) is 2. The zero-order chi connectivity index (χ0) is 28.2. The van der Waals surface area contributed by atoms with Gasteiger partial charge in [0.05, 0.1) is 18.7 Å². The maximum atomic E-state index is 13.5. The molecule has 1 unspecified atom stereocenters. The number of hydrogen-bond acceptors (Lipinski definition) is 8. The van der Waals surface area contributed by atoms with Gasteiger partial charge in [-0.3, -0.25) is 14.4 Å². The molecule has 2 amide bonds. The number of methoxy groups -OCH3 is 1. The van der Waals surface area contributed by atoms with Crippen LogP contribution in [0.5, 0.6) is 0 Å². The molecule has 0 aliphatic rings. The number of ether oxygens (including phenoxy) is 3. The topological polar surface area (TPSA) is 144 Å². The molecule has 0 fully saturated rings. The van der Waals surface area contributed by atoms with Crippen LogP contribution in [0.2, 0.25) is 0 Å². The van der Waals surface area contributed by atoms with E-state index >= 15 is 0 Å². The van der Waals surface area contributed by atoms with Gasteiger partial charge in [-0.05, 0) is 50.5 Å². The Morgan fingerprint density at radius 2 is 1.63 bits per heavy atom. The standard InChI is InChI=1S/C28H33N3O7/c1-27(2,3)38-23(32)13-14-28(31-26(35)36-4,16-21-11-8-12-22(15-21)17-29)25(34)30-18-24(33)37-19-20-9-6-5-7-10-20/h5-12,15H,13-14,16,18-19H2,1-4H3,(H,30,34)(H,31,35). The molecule has 0 aliphatic heterocycles. The van der Waals surface area contributed by atoms with Crippen LogP contribution in [0.4, 0.5) is 4.79 Å². The molecule has 0 spiro atoms. The Morgan fingerprint density at radius 1 is 0.947 bits per heavy atom. The third kappa shape index (κ3) is 9.93. The molecular weight excluding hydrogens is 490 g/mol. The van der Waals surface area contributed by atoms with Gasteiger partial charge in [-0.15, -0.1) is 0 Å². The average Bonchev–Trinajstić information content (AvgIpc) is 2.88. The maximum Gasteiger partial charge on any atom is 0.407 e. The molecule has 0 radical (unpaired) electrons. The van der Waals surface area contributed by atoms with Crippen LogP contribution < -0.4 is 10.6 Å². The number of esters is 2. The minimum Gasteiger partial charge on any atom is -0.460 e. The van der Waals surface area contributed by atoms with Crippen LogP contribution in [0, 0.1) is 11.3 Å². The monoisotopic (exact) mass is 523 g/mol. The zero-order valence-electron chi connectivity index (χ0n) is 22.0. The molecule has 0 aromatic heterocycles. The van der Waals surface area contributed by atoms with Crippen molar-refractivity contribution in [2.75, 3.05) is 13.7 Å². The first kappa shape index (κ1) is 29.8. The van der Waals surface area contributed by atoms with E-state index in [9.17, 15) is 24.4 Å². The van der Waals surface area contributed by atoms with E-state index in [2.05, 4.69) is 10.6 Å². The molecule has 10 heteroatoms. The highest BCUT2D eigenvalue weighted by molar-refractivity contribution is 5.92. The summed E-state index contributed by atoms with van der Waals surface area (Å²) in [6.07, 6.45) is -1.39. The van der Waals surface area contributed by atoms with Crippen LogP contribution in [0.25, 0.3) is 0 Å². The number of carbonyl (C=O) groups is 4. The van der Waals surface area contributed by atoms with Crippen LogP contribution >= 0.6 is 0 Å². The van der Waals surface area contributed by atoms with Gasteiger partial charge in [0.1, 0.15) is 24.3 Å². The van der Waals surface area contributed by atoms with E-state index in [1.165, 1.54) is 0 Å². The lowest BCUT2D eigenvalue weighted by molar-refractivity contribution is -0.155. The first-order valence-corrected chi connectivity index (χ1v) is 12.0. The second-order valence-electron chi connectivity index (χ2n) is 9.60. The molecule has 10 nitrogen and oxygen atoms in total. The van der Waals surface area contributed by atoms with Crippen molar-refractivity contribution in [3.05, 3.63) is 71.3 Å². The van der Waals surface area contributed by atoms with Crippen molar-refractivity contribution in [1.29, 1.82) is 5.26 Å². The molecule has 2 rings (SSSR count). The number of alkyl carbamates (subject to hydrolysis) is 1. The molecule has 0 saturated carbocycles. The van der Waals surface area contributed by atoms with Crippen LogP contribution in [0.15, 0.2) is 54.6 Å². The molecule has 0 saturated heterocycles. The average molecular weight is 524 g/mol. The number of amides is 2. The molecule has 2 aromatic rings. The third-order valence-corrected chi connectivity index (χ3v) is 5.34. The van der Waals surface area contributed by atoms with E-state index in [0.29, 0.717) is 11.1 Å². The number of nitrogens with one attached hydrogen (secondary N) is 2. The Bertz CT molecular complexity index is 1170. The first-order chi connectivity index (χ1) is 18.0. The summed E-state index contributed by atoms with van der Waals surface area (Å²) in [6, 6.07) is 17.6. The number of carbonyl (C=O) groups excluding carboxylic acids is 4. The summed E-state index contributed by atoms with van der Waals surface area (Å²) in [5.41, 5.74) is -0.777. The molecule has 2 aromatic carbocycles. The van der Waals surface area contributed by atoms with Crippen LogP contribution in [0.3, 0.4) is 0 Å². The largest absolute Gasteiger partial charge is 0.460 e. The summed E-state index contributed by atoms with van der Waals surface area (Å²) in [5, 5.41) is 14.3. The number of nitriles is 1. The van der Waals surface area contributed by atoms with E-state index in [0.717, 1.165) is 12.7 Å². The third-order valence-electron chi connectivity index (χ3n) is 5.34. The Hall–Kier alpha value is -4.39. The normalized spacial score (nSPS) is 12.3. The minimum atomic E-state index is -1.71. The Balaban J connectivity index is 2.27. The number of nitrogens with zero attached hydrogens (tertiary/aromatic N) is 1. The van der Waals surface area contributed by atoms with Crippen molar-refractivity contribution in [3.63, 3.8) is 0 Å². The summed E-state index contributed by atoms with van der Waals surface area (Å²) in [6.45, 7) is 4.70. The lowest BCUT2D eigenvalue weighted by Crippen LogP contribution is -2.61. The highest BCUT2D eigenvalue weighted by Crippen LogP contribution is 2.23. The lowest BCUT2D eigenvalue weighted by atomic mass is 9.84. The van der Waals surface area contributed by atoms with Gasteiger partial charge in [0.25, 0.3) is 0 Å². The summed E-state index contributed by atoms with van der Waals surface area (Å²) < 4.78 is 15.3. The number of benzene rings is 2. The minimum absolute atomic E-state index is 0.0285. The predicted molar refractivity (Wildman–Crippen MR) is 137 cm³/mol. The first-order valence-electron chi connectivity index (χ1n) is 12.0.